The number of hydrogen-bond acceptors (Lipinski definition) is 3. The van der Waals surface area contributed by atoms with Gasteiger partial charge in [0.2, 0.25) is 5.91 Å². The second kappa shape index (κ2) is 7.75. The summed E-state index contributed by atoms with van der Waals surface area (Å²) in [6.07, 6.45) is 1.02. The summed E-state index contributed by atoms with van der Waals surface area (Å²) >= 11 is 0. The molecule has 2 aromatic rings. The van der Waals surface area contributed by atoms with Crippen LogP contribution in [-0.4, -0.2) is 34.1 Å². The van der Waals surface area contributed by atoms with Crippen molar-refractivity contribution in [3.8, 4) is 0 Å². The van der Waals surface area contributed by atoms with Gasteiger partial charge >= 0.3 is 0 Å². The van der Waals surface area contributed by atoms with Gasteiger partial charge in [0, 0.05) is 6.54 Å². The molecule has 1 heterocycles. The topological polar surface area (TPSA) is 61.0 Å². The molecule has 2 rings (SSSR count). The predicted octanol–water partition coefficient (Wildman–Crippen LogP) is 2.88. The van der Waals surface area contributed by atoms with Crippen LogP contribution in [0.1, 0.15) is 30.3 Å². The molecule has 0 aliphatic heterocycles. The van der Waals surface area contributed by atoms with Crippen LogP contribution < -0.4 is 5.32 Å². The van der Waals surface area contributed by atoms with Gasteiger partial charge in [-0.15, -0.1) is 0 Å². The van der Waals surface area contributed by atoms with Gasteiger partial charge in [-0.3, -0.25) is 14.8 Å². The zero-order valence-corrected chi connectivity index (χ0v) is 13.5. The molecular formula is C17H24N4O. The summed E-state index contributed by atoms with van der Waals surface area (Å²) in [6, 6.07) is 10.2. The first-order valence-corrected chi connectivity index (χ1v) is 7.67. The van der Waals surface area contributed by atoms with Gasteiger partial charge < -0.3 is 5.32 Å². The van der Waals surface area contributed by atoms with Crippen LogP contribution in [0.2, 0.25) is 0 Å². The average Bonchev–Trinajstić information content (AvgIpc) is 2.80. The summed E-state index contributed by atoms with van der Waals surface area (Å²) in [4.78, 5) is 14.5. The van der Waals surface area contributed by atoms with Crippen molar-refractivity contribution in [2.45, 2.75) is 33.7 Å². The van der Waals surface area contributed by atoms with Gasteiger partial charge in [0.15, 0.2) is 0 Å². The molecular weight excluding hydrogens is 276 g/mol. The maximum atomic E-state index is 12.3. The molecule has 0 spiro atoms. The molecule has 0 saturated carbocycles. The van der Waals surface area contributed by atoms with E-state index in [0.717, 1.165) is 36.6 Å². The predicted molar refractivity (Wildman–Crippen MR) is 88.7 cm³/mol. The van der Waals surface area contributed by atoms with E-state index in [-0.39, 0.29) is 5.91 Å². The normalized spacial score (nSPS) is 10.9. The van der Waals surface area contributed by atoms with Crippen LogP contribution in [0.5, 0.6) is 0 Å². The van der Waals surface area contributed by atoms with E-state index in [1.54, 1.807) is 0 Å². The Kier molecular flexibility index (Phi) is 5.72. The number of H-pyrrole nitrogens is 1. The fraction of sp³-hybridized carbons (Fsp3) is 0.412. The van der Waals surface area contributed by atoms with Crippen molar-refractivity contribution in [2.24, 2.45) is 0 Å². The number of carbonyl (C=O) groups excluding carboxylic acids is 1. The zero-order valence-electron chi connectivity index (χ0n) is 13.5. The standard InChI is InChI=1S/C17H24N4O/c1-4-10-21(11-15-8-6-5-7-9-15)12-16(22)18-17-13(2)19-20-14(17)3/h5-9H,4,10-12H2,1-3H3,(H,18,22)(H,19,20). The minimum atomic E-state index is -0.00280. The number of nitrogens with zero attached hydrogens (tertiary/aromatic N) is 2. The highest BCUT2D eigenvalue weighted by Gasteiger charge is 2.14. The Morgan fingerprint density at radius 3 is 2.59 bits per heavy atom. The van der Waals surface area contributed by atoms with Gasteiger partial charge in [0.25, 0.3) is 0 Å². The van der Waals surface area contributed by atoms with Crippen LogP contribution in [0, 0.1) is 13.8 Å². The lowest BCUT2D eigenvalue weighted by Crippen LogP contribution is -2.33. The first-order chi connectivity index (χ1) is 10.6. The SMILES string of the molecule is CCCN(CC(=O)Nc1c(C)n[nH]c1C)Cc1ccccc1. The smallest absolute Gasteiger partial charge is 0.238 e. The Hall–Kier alpha value is -2.14. The summed E-state index contributed by atoms with van der Waals surface area (Å²) in [5, 5.41) is 9.94. The largest absolute Gasteiger partial charge is 0.322 e. The van der Waals surface area contributed by atoms with E-state index >= 15 is 0 Å². The summed E-state index contributed by atoms with van der Waals surface area (Å²) < 4.78 is 0. The molecule has 1 aromatic carbocycles. The Labute approximate surface area is 131 Å². The second-order valence-corrected chi connectivity index (χ2v) is 5.55. The van der Waals surface area contributed by atoms with Crippen molar-refractivity contribution >= 4 is 11.6 Å². The van der Waals surface area contributed by atoms with Gasteiger partial charge in [-0.25, -0.2) is 0 Å². The summed E-state index contributed by atoms with van der Waals surface area (Å²) in [6.45, 7) is 7.97. The van der Waals surface area contributed by atoms with Crippen molar-refractivity contribution < 1.29 is 4.79 Å². The van der Waals surface area contributed by atoms with Crippen molar-refractivity contribution in [2.75, 3.05) is 18.4 Å². The van der Waals surface area contributed by atoms with Gasteiger partial charge in [0.05, 0.1) is 23.6 Å². The van der Waals surface area contributed by atoms with E-state index in [1.165, 1.54) is 5.56 Å². The highest BCUT2D eigenvalue weighted by Crippen LogP contribution is 2.16. The number of aromatic amines is 1. The minimum absolute atomic E-state index is 0.00280. The van der Waals surface area contributed by atoms with Crippen LogP contribution in [0.15, 0.2) is 30.3 Å². The zero-order chi connectivity index (χ0) is 15.9. The number of aromatic nitrogens is 2. The molecule has 1 aromatic heterocycles. The van der Waals surface area contributed by atoms with Gasteiger partial charge in [-0.1, -0.05) is 37.3 Å². The van der Waals surface area contributed by atoms with E-state index in [2.05, 4.69) is 39.5 Å². The Bertz CT molecular complexity index is 587. The number of benzene rings is 1. The lowest BCUT2D eigenvalue weighted by atomic mass is 10.2. The fourth-order valence-electron chi connectivity index (χ4n) is 2.49. The summed E-state index contributed by atoms with van der Waals surface area (Å²) in [7, 11) is 0. The number of amides is 1. The van der Waals surface area contributed by atoms with Crippen LogP contribution >= 0.6 is 0 Å². The highest BCUT2D eigenvalue weighted by atomic mass is 16.2. The molecule has 0 aliphatic rings. The average molecular weight is 300 g/mol. The molecule has 118 valence electrons. The number of nitrogens with one attached hydrogen (secondary N) is 2. The van der Waals surface area contributed by atoms with E-state index in [9.17, 15) is 4.79 Å². The second-order valence-electron chi connectivity index (χ2n) is 5.55. The van der Waals surface area contributed by atoms with E-state index in [4.69, 9.17) is 0 Å². The maximum Gasteiger partial charge on any atom is 0.238 e. The lowest BCUT2D eigenvalue weighted by molar-refractivity contribution is -0.117. The fourth-order valence-corrected chi connectivity index (χ4v) is 2.49. The summed E-state index contributed by atoms with van der Waals surface area (Å²) in [5.41, 5.74) is 3.72. The quantitative estimate of drug-likeness (QED) is 0.826. The molecule has 0 saturated heterocycles. The van der Waals surface area contributed by atoms with E-state index in [1.807, 2.05) is 32.0 Å². The van der Waals surface area contributed by atoms with Crippen LogP contribution in [0.3, 0.4) is 0 Å². The molecule has 0 fully saturated rings. The Morgan fingerprint density at radius 1 is 1.27 bits per heavy atom. The van der Waals surface area contributed by atoms with Crippen LogP contribution in [0.25, 0.3) is 0 Å². The highest BCUT2D eigenvalue weighted by molar-refractivity contribution is 5.93. The molecule has 5 heteroatoms. The molecule has 0 aliphatic carbocycles. The first-order valence-electron chi connectivity index (χ1n) is 7.67. The first kappa shape index (κ1) is 16.2. The van der Waals surface area contributed by atoms with Crippen molar-refractivity contribution in [3.63, 3.8) is 0 Å². The third-order valence-corrected chi connectivity index (χ3v) is 3.55. The van der Waals surface area contributed by atoms with Crippen molar-refractivity contribution in [1.82, 2.24) is 15.1 Å². The van der Waals surface area contributed by atoms with E-state index < -0.39 is 0 Å². The van der Waals surface area contributed by atoms with Gasteiger partial charge in [-0.2, -0.15) is 5.10 Å². The minimum Gasteiger partial charge on any atom is -0.322 e. The van der Waals surface area contributed by atoms with Crippen molar-refractivity contribution in [1.29, 1.82) is 0 Å². The third kappa shape index (κ3) is 4.43. The van der Waals surface area contributed by atoms with Crippen LogP contribution in [-0.2, 0) is 11.3 Å². The summed E-state index contributed by atoms with van der Waals surface area (Å²) in [5.74, 6) is -0.00280. The number of aryl methyl sites for hydroxylation is 2. The Morgan fingerprint density at radius 2 is 2.00 bits per heavy atom. The maximum absolute atomic E-state index is 12.3. The molecule has 22 heavy (non-hydrogen) atoms. The number of hydrogen-bond donors (Lipinski definition) is 2. The number of rotatable bonds is 7. The molecule has 5 nitrogen and oxygen atoms in total. The van der Waals surface area contributed by atoms with Gasteiger partial charge in [-0.05, 0) is 32.4 Å². The van der Waals surface area contributed by atoms with E-state index in [0.29, 0.717) is 6.54 Å². The molecule has 2 N–H and O–H groups in total. The molecule has 0 radical (unpaired) electrons. The molecule has 0 atom stereocenters. The molecule has 1 amide bonds. The van der Waals surface area contributed by atoms with Crippen molar-refractivity contribution in [3.05, 3.63) is 47.3 Å². The third-order valence-electron chi connectivity index (χ3n) is 3.55. The Balaban J connectivity index is 1.97. The number of carbonyl (C=O) groups is 1. The monoisotopic (exact) mass is 300 g/mol. The molecule has 0 bridgehead atoms. The van der Waals surface area contributed by atoms with Crippen LogP contribution in [0.4, 0.5) is 5.69 Å². The molecule has 0 unspecified atom stereocenters. The number of anilines is 1. The lowest BCUT2D eigenvalue weighted by Gasteiger charge is -2.21. The van der Waals surface area contributed by atoms with Gasteiger partial charge in [0.1, 0.15) is 0 Å².